The number of hydrogen-bond donors (Lipinski definition) is 1. The van der Waals surface area contributed by atoms with Gasteiger partial charge in [0.25, 0.3) is 0 Å². The zero-order valence-corrected chi connectivity index (χ0v) is 15.0. The van der Waals surface area contributed by atoms with Crippen LogP contribution in [0, 0.1) is 0 Å². The summed E-state index contributed by atoms with van der Waals surface area (Å²) in [6.07, 6.45) is 0. The van der Waals surface area contributed by atoms with Crippen LogP contribution in [0.4, 0.5) is 0 Å². The van der Waals surface area contributed by atoms with E-state index >= 15 is 0 Å². The first kappa shape index (κ1) is 17.7. The second-order valence-corrected chi connectivity index (χ2v) is 6.32. The van der Waals surface area contributed by atoms with Gasteiger partial charge in [0.05, 0.1) is 20.8 Å². The molecule has 0 fully saturated rings. The lowest BCUT2D eigenvalue weighted by molar-refractivity contribution is -0.121. The number of benzene rings is 1. The fourth-order valence-corrected chi connectivity index (χ4v) is 3.03. The number of carbonyl (C=O) groups is 1. The minimum atomic E-state index is -0.707. The molecule has 136 valence electrons. The Bertz CT molecular complexity index is 946. The van der Waals surface area contributed by atoms with Crippen LogP contribution in [0.15, 0.2) is 45.0 Å². The fourth-order valence-electron chi connectivity index (χ4n) is 2.39. The third kappa shape index (κ3) is 3.77. The van der Waals surface area contributed by atoms with E-state index in [4.69, 9.17) is 14.0 Å². The summed E-state index contributed by atoms with van der Waals surface area (Å²) < 4.78 is 16.4. The van der Waals surface area contributed by atoms with E-state index in [0.29, 0.717) is 23.6 Å². The number of rotatable bonds is 7. The molecule has 26 heavy (non-hydrogen) atoms. The molecule has 2 heterocycles. The highest BCUT2D eigenvalue weighted by atomic mass is 32.1. The summed E-state index contributed by atoms with van der Waals surface area (Å²) in [4.78, 5) is 25.2. The molecule has 0 unspecified atom stereocenters. The number of thiophene rings is 1. The van der Waals surface area contributed by atoms with Crippen molar-refractivity contribution in [2.45, 2.75) is 13.1 Å². The van der Waals surface area contributed by atoms with Gasteiger partial charge in [-0.3, -0.25) is 9.32 Å². The summed E-state index contributed by atoms with van der Waals surface area (Å²) >= 11 is 1.54. The maximum Gasteiger partial charge on any atom is 0.442 e. The first-order valence-electron chi connectivity index (χ1n) is 7.70. The van der Waals surface area contributed by atoms with Crippen LogP contribution in [0.3, 0.4) is 0 Å². The molecule has 2 aromatic heterocycles. The molecule has 3 aromatic rings. The molecule has 0 saturated heterocycles. The van der Waals surface area contributed by atoms with Gasteiger partial charge >= 0.3 is 5.76 Å². The van der Waals surface area contributed by atoms with Gasteiger partial charge in [-0.1, -0.05) is 11.2 Å². The normalized spacial score (nSPS) is 10.5. The van der Waals surface area contributed by atoms with E-state index in [-0.39, 0.29) is 18.3 Å². The van der Waals surface area contributed by atoms with Crippen molar-refractivity contribution in [2.75, 3.05) is 14.2 Å². The Hall–Kier alpha value is -3.07. The maximum atomic E-state index is 12.2. The Morgan fingerprint density at radius 2 is 2.08 bits per heavy atom. The zero-order chi connectivity index (χ0) is 18.5. The Morgan fingerprint density at radius 1 is 1.27 bits per heavy atom. The molecule has 0 atom stereocenters. The van der Waals surface area contributed by atoms with Crippen LogP contribution in [0.5, 0.6) is 11.5 Å². The molecule has 0 radical (unpaired) electrons. The second kappa shape index (κ2) is 7.87. The predicted octanol–water partition coefficient (Wildman–Crippen LogP) is 1.90. The average molecular weight is 375 g/mol. The predicted molar refractivity (Wildman–Crippen MR) is 95.5 cm³/mol. The van der Waals surface area contributed by atoms with Crippen molar-refractivity contribution < 1.29 is 18.8 Å². The largest absolute Gasteiger partial charge is 0.493 e. The fraction of sp³-hybridized carbons (Fsp3) is 0.235. The SMILES string of the molecule is COc1ccc(-c2noc(=O)n2CC(=O)NCc2cccs2)cc1OC. The van der Waals surface area contributed by atoms with E-state index in [1.807, 2.05) is 17.5 Å². The van der Waals surface area contributed by atoms with Gasteiger partial charge < -0.3 is 14.8 Å². The summed E-state index contributed by atoms with van der Waals surface area (Å²) in [5, 5.41) is 8.48. The van der Waals surface area contributed by atoms with Crippen LogP contribution in [-0.2, 0) is 17.9 Å². The molecule has 1 N–H and O–H groups in total. The van der Waals surface area contributed by atoms with Gasteiger partial charge in [0.15, 0.2) is 17.3 Å². The smallest absolute Gasteiger partial charge is 0.442 e. The Morgan fingerprint density at radius 3 is 2.77 bits per heavy atom. The van der Waals surface area contributed by atoms with Gasteiger partial charge in [0.1, 0.15) is 6.54 Å². The van der Waals surface area contributed by atoms with Gasteiger partial charge in [-0.15, -0.1) is 11.3 Å². The molecule has 3 rings (SSSR count). The van der Waals surface area contributed by atoms with E-state index in [2.05, 4.69) is 10.5 Å². The molecular formula is C17H17N3O5S. The molecule has 0 bridgehead atoms. The quantitative estimate of drug-likeness (QED) is 0.678. The number of aromatic nitrogens is 2. The zero-order valence-electron chi connectivity index (χ0n) is 14.2. The van der Waals surface area contributed by atoms with Crippen LogP contribution in [0.25, 0.3) is 11.4 Å². The Kier molecular flexibility index (Phi) is 5.37. The van der Waals surface area contributed by atoms with Crippen molar-refractivity contribution in [3.05, 3.63) is 51.1 Å². The lowest BCUT2D eigenvalue weighted by Gasteiger charge is -2.10. The van der Waals surface area contributed by atoms with E-state index in [1.165, 1.54) is 18.8 Å². The number of ether oxygens (including phenoxy) is 2. The minimum Gasteiger partial charge on any atom is -0.493 e. The standard InChI is InChI=1S/C17H17N3O5S/c1-23-13-6-5-11(8-14(13)24-2)16-19-25-17(22)20(16)10-15(21)18-9-12-4-3-7-26-12/h3-8H,9-10H2,1-2H3,(H,18,21). The van der Waals surface area contributed by atoms with Crippen molar-refractivity contribution >= 4 is 17.2 Å². The lowest BCUT2D eigenvalue weighted by atomic mass is 10.2. The molecule has 0 saturated carbocycles. The summed E-state index contributed by atoms with van der Waals surface area (Å²) in [6, 6.07) is 8.89. The van der Waals surface area contributed by atoms with E-state index in [1.54, 1.807) is 29.5 Å². The molecule has 8 nitrogen and oxygen atoms in total. The summed E-state index contributed by atoms with van der Waals surface area (Å²) in [5.41, 5.74) is 0.569. The molecule has 1 aromatic carbocycles. The molecule has 0 aliphatic carbocycles. The maximum absolute atomic E-state index is 12.2. The lowest BCUT2D eigenvalue weighted by Crippen LogP contribution is -2.30. The van der Waals surface area contributed by atoms with Crippen LogP contribution >= 0.6 is 11.3 Å². The number of amides is 1. The van der Waals surface area contributed by atoms with Crippen LogP contribution in [-0.4, -0.2) is 29.9 Å². The highest BCUT2D eigenvalue weighted by molar-refractivity contribution is 7.09. The van der Waals surface area contributed by atoms with Crippen LogP contribution in [0.1, 0.15) is 4.88 Å². The van der Waals surface area contributed by atoms with Crippen molar-refractivity contribution in [3.63, 3.8) is 0 Å². The van der Waals surface area contributed by atoms with Gasteiger partial charge in [0, 0.05) is 10.4 Å². The van der Waals surface area contributed by atoms with Crippen LogP contribution < -0.4 is 20.5 Å². The molecule has 1 amide bonds. The first-order valence-corrected chi connectivity index (χ1v) is 8.58. The number of nitrogens with one attached hydrogen (secondary N) is 1. The number of nitrogens with zero attached hydrogens (tertiary/aromatic N) is 2. The summed E-state index contributed by atoms with van der Waals surface area (Å²) in [5.74, 6) is 0.241. The van der Waals surface area contributed by atoms with Crippen LogP contribution in [0.2, 0.25) is 0 Å². The molecule has 0 aliphatic rings. The van der Waals surface area contributed by atoms with Gasteiger partial charge in [-0.25, -0.2) is 9.36 Å². The number of hydrogen-bond acceptors (Lipinski definition) is 7. The van der Waals surface area contributed by atoms with Crippen molar-refractivity contribution in [2.24, 2.45) is 0 Å². The molecule has 0 aliphatic heterocycles. The third-order valence-electron chi connectivity index (χ3n) is 3.67. The highest BCUT2D eigenvalue weighted by Crippen LogP contribution is 2.31. The number of methoxy groups -OCH3 is 2. The Balaban J connectivity index is 1.80. The first-order chi connectivity index (χ1) is 12.6. The van der Waals surface area contributed by atoms with Crippen molar-refractivity contribution in [1.82, 2.24) is 15.0 Å². The van der Waals surface area contributed by atoms with E-state index in [0.717, 1.165) is 4.88 Å². The second-order valence-electron chi connectivity index (χ2n) is 5.28. The molecule has 0 spiro atoms. The topological polar surface area (TPSA) is 95.6 Å². The monoisotopic (exact) mass is 375 g/mol. The van der Waals surface area contributed by atoms with Gasteiger partial charge in [-0.2, -0.15) is 0 Å². The third-order valence-corrected chi connectivity index (χ3v) is 4.55. The molecule has 9 heteroatoms. The summed E-state index contributed by atoms with van der Waals surface area (Å²) in [7, 11) is 3.04. The van der Waals surface area contributed by atoms with Crippen molar-refractivity contribution in [1.29, 1.82) is 0 Å². The Labute approximate surface area is 153 Å². The van der Waals surface area contributed by atoms with Gasteiger partial charge in [0.2, 0.25) is 5.91 Å². The molecular weight excluding hydrogens is 358 g/mol. The average Bonchev–Trinajstić information content (AvgIpc) is 3.30. The number of carbonyl (C=O) groups excluding carboxylic acids is 1. The highest BCUT2D eigenvalue weighted by Gasteiger charge is 2.17. The van der Waals surface area contributed by atoms with Gasteiger partial charge in [-0.05, 0) is 29.6 Å². The minimum absolute atomic E-state index is 0.197. The summed E-state index contributed by atoms with van der Waals surface area (Å²) in [6.45, 7) is 0.208. The van der Waals surface area contributed by atoms with E-state index < -0.39 is 5.76 Å². The van der Waals surface area contributed by atoms with Crippen molar-refractivity contribution in [3.8, 4) is 22.9 Å². The van der Waals surface area contributed by atoms with E-state index in [9.17, 15) is 9.59 Å².